The van der Waals surface area contributed by atoms with Gasteiger partial charge in [-0.2, -0.15) is 0 Å². The van der Waals surface area contributed by atoms with Crippen LogP contribution in [-0.4, -0.2) is 71.2 Å². The number of rotatable bonds is 6. The first kappa shape index (κ1) is 20.5. The van der Waals surface area contributed by atoms with Crippen molar-refractivity contribution >= 4 is 35.2 Å². The fraction of sp³-hybridized carbons (Fsp3) is 0.348. The Hall–Kier alpha value is -2.80. The summed E-state index contributed by atoms with van der Waals surface area (Å²) in [5.74, 6) is 0.178. The van der Waals surface area contributed by atoms with Crippen molar-refractivity contribution in [2.45, 2.75) is 12.2 Å². The van der Waals surface area contributed by atoms with E-state index in [1.807, 2.05) is 30.0 Å². The van der Waals surface area contributed by atoms with Crippen LogP contribution in [0.15, 0.2) is 54.6 Å². The Morgan fingerprint density at radius 1 is 0.900 bits per heavy atom. The first-order valence-corrected chi connectivity index (χ1v) is 11.3. The summed E-state index contributed by atoms with van der Waals surface area (Å²) in [7, 11) is 0. The number of amides is 3. The van der Waals surface area contributed by atoms with Crippen LogP contribution in [0.5, 0.6) is 0 Å². The Labute approximate surface area is 180 Å². The maximum Gasteiger partial charge on any atom is 0.261 e. The lowest BCUT2D eigenvalue weighted by Crippen LogP contribution is -2.50. The van der Waals surface area contributed by atoms with Gasteiger partial charge in [-0.1, -0.05) is 30.3 Å². The van der Waals surface area contributed by atoms with Crippen LogP contribution in [0.3, 0.4) is 0 Å². The van der Waals surface area contributed by atoms with Crippen molar-refractivity contribution in [1.82, 2.24) is 9.80 Å². The summed E-state index contributed by atoms with van der Waals surface area (Å²) in [6.45, 7) is 5.27. The molecule has 1 atom stereocenters. The molecule has 2 aliphatic rings. The van der Waals surface area contributed by atoms with Crippen LogP contribution < -0.4 is 4.90 Å². The molecule has 6 nitrogen and oxygen atoms in total. The van der Waals surface area contributed by atoms with E-state index in [0.29, 0.717) is 36.5 Å². The van der Waals surface area contributed by atoms with E-state index in [-0.39, 0.29) is 23.0 Å². The summed E-state index contributed by atoms with van der Waals surface area (Å²) in [5, 5.41) is -0.205. The highest BCUT2D eigenvalue weighted by Crippen LogP contribution is 2.24. The maximum atomic E-state index is 12.8. The van der Waals surface area contributed by atoms with Gasteiger partial charge in [0.2, 0.25) is 5.91 Å². The van der Waals surface area contributed by atoms with Crippen molar-refractivity contribution < 1.29 is 14.4 Å². The van der Waals surface area contributed by atoms with Crippen LogP contribution >= 0.6 is 11.8 Å². The van der Waals surface area contributed by atoms with E-state index in [1.54, 1.807) is 24.3 Å². The number of carbonyl (C=O) groups is 3. The molecule has 2 aromatic carbocycles. The molecular formula is C23H25N3O3S. The number of imide groups is 1. The van der Waals surface area contributed by atoms with Gasteiger partial charge >= 0.3 is 0 Å². The number of anilines is 1. The summed E-state index contributed by atoms with van der Waals surface area (Å²) < 4.78 is 0. The highest BCUT2D eigenvalue weighted by atomic mass is 32.2. The lowest BCUT2D eigenvalue weighted by Gasteiger charge is -2.37. The fourth-order valence-electron chi connectivity index (χ4n) is 3.92. The zero-order valence-corrected chi connectivity index (χ0v) is 17.8. The molecule has 30 heavy (non-hydrogen) atoms. The Kier molecular flexibility index (Phi) is 6.08. The second kappa shape index (κ2) is 8.92. The van der Waals surface area contributed by atoms with E-state index in [4.69, 9.17) is 0 Å². The molecule has 0 saturated carbocycles. The normalized spacial score (nSPS) is 17.3. The lowest BCUT2D eigenvalue weighted by atomic mass is 10.1. The quantitative estimate of drug-likeness (QED) is 0.669. The SMILES string of the molecule is CC(SCCN1C(=O)c2ccccc2C1=O)C(=O)N1CCN(c2ccccc2)CC1. The molecule has 0 spiro atoms. The van der Waals surface area contributed by atoms with Gasteiger partial charge in [0.25, 0.3) is 11.8 Å². The van der Waals surface area contributed by atoms with Crippen molar-refractivity contribution in [3.8, 4) is 0 Å². The van der Waals surface area contributed by atoms with E-state index in [2.05, 4.69) is 17.0 Å². The van der Waals surface area contributed by atoms with E-state index < -0.39 is 0 Å². The first-order valence-electron chi connectivity index (χ1n) is 10.2. The van der Waals surface area contributed by atoms with Gasteiger partial charge in [-0.15, -0.1) is 11.8 Å². The van der Waals surface area contributed by atoms with Crippen LogP contribution in [0.4, 0.5) is 5.69 Å². The molecule has 156 valence electrons. The molecule has 0 aliphatic carbocycles. The zero-order valence-electron chi connectivity index (χ0n) is 17.0. The molecule has 0 aromatic heterocycles. The highest BCUT2D eigenvalue weighted by molar-refractivity contribution is 8.00. The van der Waals surface area contributed by atoms with Gasteiger partial charge in [0.1, 0.15) is 0 Å². The molecule has 2 aliphatic heterocycles. The Morgan fingerprint density at radius 2 is 1.47 bits per heavy atom. The summed E-state index contributed by atoms with van der Waals surface area (Å²) in [6, 6.07) is 17.1. The monoisotopic (exact) mass is 423 g/mol. The topological polar surface area (TPSA) is 60.9 Å². The molecule has 3 amide bonds. The predicted molar refractivity (Wildman–Crippen MR) is 119 cm³/mol. The molecule has 7 heteroatoms. The molecule has 1 fully saturated rings. The third-order valence-corrected chi connectivity index (χ3v) is 6.74. The van der Waals surface area contributed by atoms with Crippen molar-refractivity contribution in [1.29, 1.82) is 0 Å². The van der Waals surface area contributed by atoms with E-state index >= 15 is 0 Å². The second-order valence-corrected chi connectivity index (χ2v) is 8.92. The molecule has 0 N–H and O–H groups in total. The van der Waals surface area contributed by atoms with Crippen molar-refractivity contribution in [3.63, 3.8) is 0 Å². The number of hydrogen-bond donors (Lipinski definition) is 0. The number of para-hydroxylation sites is 1. The van der Waals surface area contributed by atoms with Gasteiger partial charge in [-0.05, 0) is 31.2 Å². The van der Waals surface area contributed by atoms with Gasteiger partial charge < -0.3 is 9.80 Å². The standard InChI is InChI=1S/C23H25N3O3S/c1-17(21(27)25-13-11-24(12-14-25)18-7-3-2-4-8-18)30-16-15-26-22(28)19-9-5-6-10-20(19)23(26)29/h2-10,17H,11-16H2,1H3. The van der Waals surface area contributed by atoms with Crippen LogP contribution in [-0.2, 0) is 4.79 Å². The van der Waals surface area contributed by atoms with Crippen molar-refractivity contribution in [2.24, 2.45) is 0 Å². The minimum atomic E-state index is -0.243. The average Bonchev–Trinajstić information content (AvgIpc) is 3.04. The third-order valence-electron chi connectivity index (χ3n) is 5.62. The smallest absolute Gasteiger partial charge is 0.261 e. The number of fused-ring (bicyclic) bond motifs is 1. The van der Waals surface area contributed by atoms with Gasteiger partial charge in [-0.3, -0.25) is 19.3 Å². The number of piperazine rings is 1. The molecule has 1 unspecified atom stereocenters. The lowest BCUT2D eigenvalue weighted by molar-refractivity contribution is -0.130. The molecular weight excluding hydrogens is 398 g/mol. The summed E-state index contributed by atoms with van der Waals surface area (Å²) in [6.07, 6.45) is 0. The predicted octanol–water partition coefficient (Wildman–Crippen LogP) is 2.75. The van der Waals surface area contributed by atoms with E-state index in [9.17, 15) is 14.4 Å². The number of benzene rings is 2. The van der Waals surface area contributed by atoms with Crippen LogP contribution in [0, 0.1) is 0 Å². The highest BCUT2D eigenvalue weighted by Gasteiger charge is 2.35. The van der Waals surface area contributed by atoms with E-state index in [0.717, 1.165) is 13.1 Å². The Bertz CT molecular complexity index is 907. The molecule has 2 heterocycles. The third kappa shape index (κ3) is 4.07. The van der Waals surface area contributed by atoms with Crippen LogP contribution in [0.25, 0.3) is 0 Å². The molecule has 4 rings (SSSR count). The van der Waals surface area contributed by atoms with Crippen LogP contribution in [0.2, 0.25) is 0 Å². The van der Waals surface area contributed by atoms with Gasteiger partial charge in [0.05, 0.1) is 16.4 Å². The average molecular weight is 424 g/mol. The fourth-order valence-corrected chi connectivity index (χ4v) is 4.85. The Balaban J connectivity index is 1.24. The zero-order chi connectivity index (χ0) is 21.1. The Morgan fingerprint density at radius 3 is 2.07 bits per heavy atom. The van der Waals surface area contributed by atoms with E-state index in [1.165, 1.54) is 22.3 Å². The first-order chi connectivity index (χ1) is 14.6. The van der Waals surface area contributed by atoms with Crippen molar-refractivity contribution in [2.75, 3.05) is 43.4 Å². The minimum Gasteiger partial charge on any atom is -0.368 e. The molecule has 0 radical (unpaired) electrons. The van der Waals surface area contributed by atoms with Crippen LogP contribution in [0.1, 0.15) is 27.6 Å². The minimum absolute atomic E-state index is 0.120. The number of nitrogens with zero attached hydrogens (tertiary/aromatic N) is 3. The molecule has 0 bridgehead atoms. The largest absolute Gasteiger partial charge is 0.368 e. The van der Waals surface area contributed by atoms with Gasteiger partial charge in [-0.25, -0.2) is 0 Å². The molecule has 2 aromatic rings. The van der Waals surface area contributed by atoms with Gasteiger partial charge in [0, 0.05) is 44.2 Å². The van der Waals surface area contributed by atoms with Gasteiger partial charge in [0.15, 0.2) is 0 Å². The van der Waals surface area contributed by atoms with Crippen molar-refractivity contribution in [3.05, 3.63) is 65.7 Å². The second-order valence-electron chi connectivity index (χ2n) is 7.47. The number of carbonyl (C=O) groups excluding carboxylic acids is 3. The number of thioether (sulfide) groups is 1. The number of hydrogen-bond acceptors (Lipinski definition) is 5. The molecule has 1 saturated heterocycles. The summed E-state index contributed by atoms with van der Waals surface area (Å²) in [5.41, 5.74) is 2.12. The summed E-state index contributed by atoms with van der Waals surface area (Å²) >= 11 is 1.49. The maximum absolute atomic E-state index is 12.8. The summed E-state index contributed by atoms with van der Waals surface area (Å²) in [4.78, 5) is 43.2.